The molecule has 2 rings (SSSR count). The molecule has 1 saturated heterocycles. The third kappa shape index (κ3) is 5.26. The van der Waals surface area contributed by atoms with Gasteiger partial charge in [0.15, 0.2) is 0 Å². The zero-order valence-corrected chi connectivity index (χ0v) is 14.6. The van der Waals surface area contributed by atoms with Gasteiger partial charge in [-0.05, 0) is 18.1 Å². The van der Waals surface area contributed by atoms with Gasteiger partial charge >= 0.3 is 10.2 Å². The topological polar surface area (TPSA) is 75.7 Å². The van der Waals surface area contributed by atoms with Gasteiger partial charge in [-0.3, -0.25) is 4.79 Å². The van der Waals surface area contributed by atoms with Crippen molar-refractivity contribution in [1.29, 1.82) is 0 Å². The highest BCUT2D eigenvalue weighted by atomic mass is 32.2. The van der Waals surface area contributed by atoms with Crippen molar-refractivity contribution in [2.45, 2.75) is 19.2 Å². The summed E-state index contributed by atoms with van der Waals surface area (Å²) in [4.78, 5) is 11.2. The zero-order valence-electron chi connectivity index (χ0n) is 12.9. The van der Waals surface area contributed by atoms with Crippen molar-refractivity contribution in [3.05, 3.63) is 47.7 Å². The number of amides is 1. The van der Waals surface area contributed by atoms with Crippen molar-refractivity contribution in [3.63, 3.8) is 0 Å². The fourth-order valence-electron chi connectivity index (χ4n) is 2.10. The Morgan fingerprint density at radius 1 is 1.35 bits per heavy atom. The molecule has 0 atom stereocenters. The van der Waals surface area contributed by atoms with Gasteiger partial charge in [0.1, 0.15) is 0 Å². The van der Waals surface area contributed by atoms with E-state index in [0.29, 0.717) is 6.61 Å². The van der Waals surface area contributed by atoms with Gasteiger partial charge < -0.3 is 4.74 Å². The largest absolute Gasteiger partial charge is 0.498 e. The lowest BCUT2D eigenvalue weighted by atomic mass is 10.1. The fraction of sp³-hybridized carbons (Fsp3) is 0.400. The third-order valence-corrected chi connectivity index (χ3v) is 5.65. The molecule has 1 aromatic rings. The van der Waals surface area contributed by atoms with E-state index in [-0.39, 0.29) is 13.1 Å². The van der Waals surface area contributed by atoms with Gasteiger partial charge in [-0.2, -0.15) is 12.7 Å². The highest BCUT2D eigenvalue weighted by molar-refractivity contribution is 7.98. The summed E-state index contributed by atoms with van der Waals surface area (Å²) >= 11 is 1.71. The molecule has 1 aliphatic heterocycles. The van der Waals surface area contributed by atoms with Crippen LogP contribution in [0.1, 0.15) is 18.1 Å². The third-order valence-electron chi connectivity index (χ3n) is 3.16. The quantitative estimate of drug-likeness (QED) is 0.717. The first-order valence-electron chi connectivity index (χ1n) is 7.17. The Kier molecular flexibility index (Phi) is 6.09. The molecule has 0 aliphatic carbocycles. The minimum Gasteiger partial charge on any atom is -0.498 e. The van der Waals surface area contributed by atoms with E-state index in [1.807, 2.05) is 35.9 Å². The first-order chi connectivity index (χ1) is 10.9. The summed E-state index contributed by atoms with van der Waals surface area (Å²) in [5.74, 6) is 1.85. The van der Waals surface area contributed by atoms with Crippen LogP contribution in [-0.4, -0.2) is 37.5 Å². The minimum absolute atomic E-state index is 0.126. The van der Waals surface area contributed by atoms with Crippen LogP contribution in [0.3, 0.4) is 0 Å². The number of nitrogens with zero attached hydrogens (tertiary/aromatic N) is 1. The maximum absolute atomic E-state index is 11.7. The number of ether oxygens (including phenoxy) is 1. The lowest BCUT2D eigenvalue weighted by Crippen LogP contribution is -2.29. The molecule has 1 amide bonds. The van der Waals surface area contributed by atoms with Crippen molar-refractivity contribution in [1.82, 2.24) is 9.03 Å². The van der Waals surface area contributed by atoms with Gasteiger partial charge in [0.2, 0.25) is 5.91 Å². The Hall–Kier alpha value is -1.51. The van der Waals surface area contributed by atoms with E-state index in [4.69, 9.17) is 4.74 Å². The summed E-state index contributed by atoms with van der Waals surface area (Å²) in [6, 6.07) is 7.69. The molecular formula is C15H20N2O4S2. The zero-order chi connectivity index (χ0) is 16.9. The molecule has 126 valence electrons. The Labute approximate surface area is 141 Å². The fourth-order valence-corrected chi connectivity index (χ4v) is 4.03. The lowest BCUT2D eigenvalue weighted by molar-refractivity contribution is -0.118. The van der Waals surface area contributed by atoms with Crippen LogP contribution in [0.15, 0.2) is 36.6 Å². The van der Waals surface area contributed by atoms with Gasteiger partial charge in [-0.1, -0.05) is 30.8 Å². The highest BCUT2D eigenvalue weighted by Crippen LogP contribution is 2.17. The minimum atomic E-state index is -3.67. The van der Waals surface area contributed by atoms with Gasteiger partial charge in [-0.15, -0.1) is 11.8 Å². The van der Waals surface area contributed by atoms with E-state index in [1.165, 1.54) is 0 Å². The number of hydrogen-bond donors (Lipinski definition) is 1. The maximum atomic E-state index is 11.7. The van der Waals surface area contributed by atoms with Crippen molar-refractivity contribution in [2.24, 2.45) is 0 Å². The van der Waals surface area contributed by atoms with Crippen molar-refractivity contribution in [3.8, 4) is 0 Å². The summed E-state index contributed by atoms with van der Waals surface area (Å²) < 4.78 is 31.7. The predicted octanol–water partition coefficient (Wildman–Crippen LogP) is 1.65. The van der Waals surface area contributed by atoms with Gasteiger partial charge in [0.05, 0.1) is 24.7 Å². The molecule has 6 nitrogen and oxygen atoms in total. The molecule has 1 heterocycles. The van der Waals surface area contributed by atoms with Crippen LogP contribution in [-0.2, 0) is 32.0 Å². The number of carbonyl (C=O) groups excluding carboxylic acids is 1. The average Bonchev–Trinajstić information content (AvgIpc) is 2.73. The van der Waals surface area contributed by atoms with E-state index in [0.717, 1.165) is 32.7 Å². The molecule has 1 aliphatic rings. The molecule has 1 N–H and O–H groups in total. The molecule has 0 spiro atoms. The molecule has 0 radical (unpaired) electrons. The Bertz CT molecular complexity index is 671. The van der Waals surface area contributed by atoms with Crippen LogP contribution in [0.2, 0.25) is 0 Å². The second-order valence-corrected chi connectivity index (χ2v) is 7.74. The number of carbonyl (C=O) groups is 1. The number of thioether (sulfide) groups is 1. The highest BCUT2D eigenvalue weighted by Gasteiger charge is 2.33. The van der Waals surface area contributed by atoms with E-state index in [9.17, 15) is 13.2 Å². The summed E-state index contributed by atoms with van der Waals surface area (Å²) in [6.07, 6.45) is 0. The smallest absolute Gasteiger partial charge is 0.304 e. The number of hydrogen-bond acceptors (Lipinski definition) is 5. The summed E-state index contributed by atoms with van der Waals surface area (Å²) in [5.41, 5.74) is 1.99. The summed E-state index contributed by atoms with van der Waals surface area (Å²) in [6.45, 7) is 6.45. The van der Waals surface area contributed by atoms with E-state index in [1.54, 1.807) is 11.8 Å². The number of nitrogens with one attached hydrogen (secondary N) is 1. The van der Waals surface area contributed by atoms with Crippen molar-refractivity contribution in [2.75, 3.05) is 18.9 Å². The van der Waals surface area contributed by atoms with Crippen molar-refractivity contribution < 1.29 is 17.9 Å². The van der Waals surface area contributed by atoms with E-state index < -0.39 is 16.1 Å². The first kappa shape index (κ1) is 17.8. The molecule has 0 saturated carbocycles. The molecule has 8 heteroatoms. The molecule has 1 fully saturated rings. The lowest BCUT2D eigenvalue weighted by Gasteiger charge is -2.12. The molecule has 1 aromatic carbocycles. The van der Waals surface area contributed by atoms with E-state index >= 15 is 0 Å². The Morgan fingerprint density at radius 2 is 2.00 bits per heavy atom. The van der Waals surface area contributed by atoms with Gasteiger partial charge in [0, 0.05) is 12.3 Å². The Morgan fingerprint density at radius 3 is 2.57 bits per heavy atom. The summed E-state index contributed by atoms with van der Waals surface area (Å²) in [5, 5.41) is 0. The molecule has 23 heavy (non-hydrogen) atoms. The molecule has 0 aromatic heterocycles. The standard InChI is InChI=1S/C15H20N2O4S2/c1-3-21-12(2)10-22-11-14-6-4-13(5-7-14)8-17-9-15(18)16-23(17,19)20/h4-7H,2-3,8-11H2,1H3,(H,16,18). The normalized spacial score (nSPS) is 17.0. The SMILES string of the molecule is C=C(CSCc1ccc(CN2CC(=O)NS2(=O)=O)cc1)OCC. The van der Waals surface area contributed by atoms with Crippen LogP contribution >= 0.6 is 11.8 Å². The van der Waals surface area contributed by atoms with Crippen LogP contribution in [0, 0.1) is 0 Å². The van der Waals surface area contributed by atoms with Crippen LogP contribution < -0.4 is 4.72 Å². The van der Waals surface area contributed by atoms with Crippen molar-refractivity contribution >= 4 is 27.9 Å². The molecule has 0 bridgehead atoms. The van der Waals surface area contributed by atoms with Crippen LogP contribution in [0.25, 0.3) is 0 Å². The second kappa shape index (κ2) is 7.85. The second-order valence-electron chi connectivity index (χ2n) is 5.08. The van der Waals surface area contributed by atoms with Gasteiger partial charge in [0.25, 0.3) is 0 Å². The first-order valence-corrected chi connectivity index (χ1v) is 9.77. The maximum Gasteiger partial charge on any atom is 0.304 e. The van der Waals surface area contributed by atoms with E-state index in [2.05, 4.69) is 6.58 Å². The number of rotatable bonds is 8. The monoisotopic (exact) mass is 356 g/mol. The molecular weight excluding hydrogens is 336 g/mol. The van der Waals surface area contributed by atoms with Crippen LogP contribution in [0.5, 0.6) is 0 Å². The predicted molar refractivity (Wildman–Crippen MR) is 90.8 cm³/mol. The molecule has 0 unspecified atom stereocenters. The van der Waals surface area contributed by atoms with Crippen LogP contribution in [0.4, 0.5) is 0 Å². The summed E-state index contributed by atoms with van der Waals surface area (Å²) in [7, 11) is -3.67. The average molecular weight is 356 g/mol. The van der Waals surface area contributed by atoms with Gasteiger partial charge in [-0.25, -0.2) is 4.72 Å². The Balaban J connectivity index is 1.85. The number of benzene rings is 1.